The third-order valence-corrected chi connectivity index (χ3v) is 8.40. The molecule has 0 amide bonds. The Bertz CT molecular complexity index is 540. The molecule has 0 aliphatic carbocycles. The van der Waals surface area contributed by atoms with E-state index in [1.54, 1.807) is 7.11 Å². The van der Waals surface area contributed by atoms with Gasteiger partial charge in [-0.2, -0.15) is 0 Å². The van der Waals surface area contributed by atoms with Gasteiger partial charge < -0.3 is 0 Å². The van der Waals surface area contributed by atoms with Crippen LogP contribution in [-0.4, -0.2) is 45.9 Å². The van der Waals surface area contributed by atoms with Crippen LogP contribution in [0.3, 0.4) is 0 Å². The Morgan fingerprint density at radius 3 is 2.28 bits per heavy atom. The second-order valence-electron chi connectivity index (χ2n) is 5.04. The number of methoxy groups -OCH3 is 1. The van der Waals surface area contributed by atoms with Crippen molar-refractivity contribution in [3.63, 3.8) is 0 Å². The standard InChI is InChI=1S/C9H7N4O.3CH3.Sn/c1-14-8-4-2-7(3-5-8)9-12-10-6-11-13-9;;;;/h2-4,6H,1H3;3*1H3;. The van der Waals surface area contributed by atoms with E-state index in [0.29, 0.717) is 5.82 Å². The average Bonchev–Trinajstić information content (AvgIpc) is 2.38. The zero-order valence-electron chi connectivity index (χ0n) is 11.0. The molecule has 1 aromatic heterocycles. The van der Waals surface area contributed by atoms with E-state index in [2.05, 4.69) is 41.3 Å². The number of ether oxygens (including phenoxy) is 1. The summed E-state index contributed by atoms with van der Waals surface area (Å²) in [6.07, 6.45) is 1.33. The van der Waals surface area contributed by atoms with E-state index < -0.39 is 18.4 Å². The zero-order chi connectivity index (χ0) is 13.2. The molecule has 0 N–H and O–H groups in total. The van der Waals surface area contributed by atoms with Crippen molar-refractivity contribution in [2.75, 3.05) is 7.11 Å². The van der Waals surface area contributed by atoms with Crippen LogP contribution in [-0.2, 0) is 0 Å². The van der Waals surface area contributed by atoms with E-state index in [1.165, 1.54) is 9.91 Å². The fourth-order valence-electron chi connectivity index (χ4n) is 1.75. The van der Waals surface area contributed by atoms with Gasteiger partial charge in [-0.1, -0.05) is 0 Å². The van der Waals surface area contributed by atoms with Crippen LogP contribution < -0.4 is 8.32 Å². The Kier molecular flexibility index (Phi) is 3.79. The van der Waals surface area contributed by atoms with E-state index in [9.17, 15) is 0 Å². The number of benzene rings is 1. The van der Waals surface area contributed by atoms with Gasteiger partial charge in [0, 0.05) is 0 Å². The van der Waals surface area contributed by atoms with Crippen LogP contribution in [0.5, 0.6) is 5.75 Å². The Morgan fingerprint density at radius 2 is 1.72 bits per heavy atom. The summed E-state index contributed by atoms with van der Waals surface area (Å²) in [6.45, 7) is 0. The third kappa shape index (κ3) is 2.77. The quantitative estimate of drug-likeness (QED) is 0.785. The summed E-state index contributed by atoms with van der Waals surface area (Å²) < 4.78 is 6.76. The van der Waals surface area contributed by atoms with Gasteiger partial charge in [-0.25, -0.2) is 0 Å². The van der Waals surface area contributed by atoms with Crippen molar-refractivity contribution in [1.29, 1.82) is 0 Å². The maximum atomic E-state index is 5.44. The van der Waals surface area contributed by atoms with Crippen molar-refractivity contribution >= 4 is 22.0 Å². The molecule has 5 nitrogen and oxygen atoms in total. The second kappa shape index (κ2) is 5.17. The van der Waals surface area contributed by atoms with Gasteiger partial charge in [0.2, 0.25) is 0 Å². The van der Waals surface area contributed by atoms with Crippen molar-refractivity contribution < 1.29 is 4.74 Å². The van der Waals surface area contributed by atoms with Crippen LogP contribution in [0.25, 0.3) is 11.4 Å². The monoisotopic (exact) mass is 352 g/mol. The molecule has 0 unspecified atom stereocenters. The van der Waals surface area contributed by atoms with Gasteiger partial charge in [-0.15, -0.1) is 0 Å². The molecule has 0 atom stereocenters. The average molecular weight is 351 g/mol. The molecule has 0 spiro atoms. The summed E-state index contributed by atoms with van der Waals surface area (Å²) in [4.78, 5) is 7.04. The minimum absolute atomic E-state index is 0.553. The van der Waals surface area contributed by atoms with Crippen LogP contribution in [0.1, 0.15) is 0 Å². The molecule has 0 aliphatic heterocycles. The molecule has 0 aliphatic rings. The molecule has 0 bridgehead atoms. The Balaban J connectivity index is 2.53. The molecule has 2 aromatic rings. The molecule has 0 fully saturated rings. The van der Waals surface area contributed by atoms with Crippen molar-refractivity contribution in [2.45, 2.75) is 14.8 Å². The molecule has 0 saturated carbocycles. The van der Waals surface area contributed by atoms with Crippen molar-refractivity contribution in [1.82, 2.24) is 20.4 Å². The van der Waals surface area contributed by atoms with E-state index in [0.717, 1.165) is 11.3 Å². The van der Waals surface area contributed by atoms with Gasteiger partial charge in [-0.05, 0) is 0 Å². The van der Waals surface area contributed by atoms with Crippen LogP contribution in [0.15, 0.2) is 24.5 Å². The van der Waals surface area contributed by atoms with E-state index in [-0.39, 0.29) is 0 Å². The predicted molar refractivity (Wildman–Crippen MR) is 72.6 cm³/mol. The Hall–Kier alpha value is -1.24. The molecule has 6 heteroatoms. The number of hydrogen-bond donors (Lipinski definition) is 0. The molecular formula is C12H16N4OSn. The van der Waals surface area contributed by atoms with Crippen molar-refractivity contribution in [2.24, 2.45) is 0 Å². The Morgan fingerprint density at radius 1 is 1.06 bits per heavy atom. The van der Waals surface area contributed by atoms with Crippen LogP contribution in [0.4, 0.5) is 0 Å². The van der Waals surface area contributed by atoms with E-state index >= 15 is 0 Å². The first-order chi connectivity index (χ1) is 8.52. The summed E-state index contributed by atoms with van der Waals surface area (Å²) in [5.41, 5.74) is 0.943. The molecular weight excluding hydrogens is 335 g/mol. The predicted octanol–water partition coefficient (Wildman–Crippen LogP) is 1.49. The minimum atomic E-state index is -2.24. The number of nitrogens with zero attached hydrogens (tertiary/aromatic N) is 4. The van der Waals surface area contributed by atoms with E-state index in [1.807, 2.05) is 12.1 Å². The van der Waals surface area contributed by atoms with Gasteiger partial charge in [0.1, 0.15) is 0 Å². The molecule has 94 valence electrons. The van der Waals surface area contributed by atoms with Gasteiger partial charge in [0.15, 0.2) is 0 Å². The first kappa shape index (κ1) is 13.2. The van der Waals surface area contributed by atoms with Gasteiger partial charge >= 0.3 is 111 Å². The third-order valence-electron chi connectivity index (χ3n) is 2.67. The molecule has 0 saturated heterocycles. The van der Waals surface area contributed by atoms with Crippen molar-refractivity contribution in [3.05, 3.63) is 24.5 Å². The zero-order valence-corrected chi connectivity index (χ0v) is 13.9. The SMILES string of the molecule is COc1ccc(-c2nncnn2)c[c]1[Sn]([CH3])([CH3])[CH3]. The summed E-state index contributed by atoms with van der Waals surface area (Å²) >= 11 is -2.24. The summed E-state index contributed by atoms with van der Waals surface area (Å²) in [7, 11) is 1.71. The summed E-state index contributed by atoms with van der Waals surface area (Å²) in [5.74, 6) is 1.51. The second-order valence-corrected chi connectivity index (χ2v) is 19.4. The molecule has 0 radical (unpaired) electrons. The fourth-order valence-corrected chi connectivity index (χ4v) is 6.07. The topological polar surface area (TPSA) is 60.8 Å². The Labute approximate surface area is 110 Å². The maximum absolute atomic E-state index is 5.44. The molecule has 1 heterocycles. The fraction of sp³-hybridized carbons (Fsp3) is 0.333. The molecule has 18 heavy (non-hydrogen) atoms. The van der Waals surface area contributed by atoms with Gasteiger partial charge in [0.05, 0.1) is 0 Å². The van der Waals surface area contributed by atoms with Crippen LogP contribution in [0, 0.1) is 0 Å². The van der Waals surface area contributed by atoms with Crippen molar-refractivity contribution in [3.8, 4) is 17.1 Å². The molecule has 1 aromatic carbocycles. The number of hydrogen-bond acceptors (Lipinski definition) is 5. The summed E-state index contributed by atoms with van der Waals surface area (Å²) in [6, 6.07) is 6.04. The molecule has 2 rings (SSSR count). The van der Waals surface area contributed by atoms with Gasteiger partial charge in [-0.3, -0.25) is 0 Å². The van der Waals surface area contributed by atoms with E-state index in [4.69, 9.17) is 4.74 Å². The number of rotatable bonds is 3. The van der Waals surface area contributed by atoms with Crippen LogP contribution >= 0.6 is 0 Å². The first-order valence-corrected chi connectivity index (χ1v) is 15.7. The van der Waals surface area contributed by atoms with Crippen LogP contribution in [0.2, 0.25) is 14.8 Å². The first-order valence-electron chi connectivity index (χ1n) is 5.71. The normalized spacial score (nSPS) is 11.3. The van der Waals surface area contributed by atoms with Gasteiger partial charge in [0.25, 0.3) is 0 Å². The number of aromatic nitrogens is 4. The summed E-state index contributed by atoms with van der Waals surface area (Å²) in [5, 5.41) is 15.5.